The zero-order valence-electron chi connectivity index (χ0n) is 10.1. The highest BCUT2D eigenvalue weighted by Gasteiger charge is 2.08. The summed E-state index contributed by atoms with van der Waals surface area (Å²) in [5, 5.41) is 9.05. The summed E-state index contributed by atoms with van der Waals surface area (Å²) in [6.45, 7) is 0.186. The second kappa shape index (κ2) is 6.24. The van der Waals surface area contributed by atoms with Crippen LogP contribution in [0.25, 0.3) is 0 Å². The Kier molecular flexibility index (Phi) is 4.62. The van der Waals surface area contributed by atoms with Gasteiger partial charge in [0.15, 0.2) is 0 Å². The molecule has 6 heteroatoms. The molecule has 0 atom stereocenters. The normalized spacial score (nSPS) is 10.3. The molecule has 0 spiro atoms. The summed E-state index contributed by atoms with van der Waals surface area (Å²) in [5.74, 6) is -1.07. The molecule has 2 rings (SSSR count). The molecule has 0 aromatic heterocycles. The molecule has 0 saturated heterocycles. The van der Waals surface area contributed by atoms with Crippen molar-refractivity contribution in [1.29, 1.82) is 0 Å². The van der Waals surface area contributed by atoms with Crippen LogP contribution in [0.3, 0.4) is 0 Å². The number of carboxylic acid groups (broad SMARTS) is 1. The number of benzene rings is 2. The van der Waals surface area contributed by atoms with E-state index >= 15 is 0 Å². The van der Waals surface area contributed by atoms with Gasteiger partial charge in [0.25, 0.3) is 0 Å². The molecule has 0 aliphatic rings. The van der Waals surface area contributed by atoms with E-state index in [1.54, 1.807) is 6.07 Å². The number of hydrogen-bond donors (Lipinski definition) is 1. The van der Waals surface area contributed by atoms with Gasteiger partial charge in [-0.05, 0) is 30.3 Å². The van der Waals surface area contributed by atoms with Gasteiger partial charge in [-0.25, -0.2) is 9.18 Å². The van der Waals surface area contributed by atoms with Gasteiger partial charge in [-0.3, -0.25) is 0 Å². The molecule has 2 aromatic carbocycles. The van der Waals surface area contributed by atoms with Crippen molar-refractivity contribution < 1.29 is 19.0 Å². The lowest BCUT2D eigenvalue weighted by molar-refractivity contribution is 0.0696. The van der Waals surface area contributed by atoms with E-state index in [1.165, 1.54) is 30.3 Å². The van der Waals surface area contributed by atoms with Gasteiger partial charge in [0.1, 0.15) is 18.2 Å². The second-order valence-electron chi connectivity index (χ2n) is 3.97. The van der Waals surface area contributed by atoms with Crippen LogP contribution in [0.2, 0.25) is 5.02 Å². The van der Waals surface area contributed by atoms with Crippen molar-refractivity contribution in [2.24, 2.45) is 0 Å². The zero-order chi connectivity index (χ0) is 14.7. The van der Waals surface area contributed by atoms with E-state index in [2.05, 4.69) is 15.9 Å². The van der Waals surface area contributed by atoms with Crippen LogP contribution in [-0.2, 0) is 6.61 Å². The van der Waals surface area contributed by atoms with Gasteiger partial charge in [0.05, 0.1) is 10.6 Å². The van der Waals surface area contributed by atoms with Gasteiger partial charge in [-0.15, -0.1) is 0 Å². The minimum absolute atomic E-state index is 0.181. The van der Waals surface area contributed by atoms with E-state index in [0.717, 1.165) is 5.56 Å². The zero-order valence-corrected chi connectivity index (χ0v) is 12.4. The minimum Gasteiger partial charge on any atom is -0.487 e. The molecular formula is C14H9BrClFO3. The Balaban J connectivity index is 2.13. The average Bonchev–Trinajstić information content (AvgIpc) is 2.38. The predicted molar refractivity (Wildman–Crippen MR) is 76.8 cm³/mol. The number of rotatable bonds is 4. The first kappa shape index (κ1) is 14.8. The van der Waals surface area contributed by atoms with E-state index in [0.29, 0.717) is 10.2 Å². The highest BCUT2D eigenvalue weighted by molar-refractivity contribution is 9.10. The predicted octanol–water partition coefficient (Wildman–Crippen LogP) is 4.52. The monoisotopic (exact) mass is 358 g/mol. The average molecular weight is 360 g/mol. The molecule has 0 bridgehead atoms. The van der Waals surface area contributed by atoms with Crippen LogP contribution in [0.15, 0.2) is 40.9 Å². The van der Waals surface area contributed by atoms with Crippen LogP contribution in [0, 0.1) is 5.82 Å². The summed E-state index contributed by atoms with van der Waals surface area (Å²) in [5.41, 5.74) is 0.941. The van der Waals surface area contributed by atoms with Crippen molar-refractivity contribution in [1.82, 2.24) is 0 Å². The Hall–Kier alpha value is -1.59. The standard InChI is InChI=1S/C14H9BrClFO3/c15-11-5-8(14(18)19)1-2-9(11)7-20-13-4-3-10(17)6-12(13)16/h1-6H,7H2,(H,18,19). The van der Waals surface area contributed by atoms with Gasteiger partial charge in [0.2, 0.25) is 0 Å². The molecule has 104 valence electrons. The summed E-state index contributed by atoms with van der Waals surface area (Å²) in [6, 6.07) is 8.48. The lowest BCUT2D eigenvalue weighted by Gasteiger charge is -2.10. The van der Waals surface area contributed by atoms with Gasteiger partial charge in [-0.1, -0.05) is 33.6 Å². The molecule has 3 nitrogen and oxygen atoms in total. The summed E-state index contributed by atoms with van der Waals surface area (Å²) in [4.78, 5) is 10.8. The molecule has 2 aromatic rings. The Bertz CT molecular complexity index is 661. The molecule has 0 unspecified atom stereocenters. The fourth-order valence-electron chi connectivity index (χ4n) is 1.55. The number of carbonyl (C=O) groups is 1. The van der Waals surface area contributed by atoms with Crippen molar-refractivity contribution in [3.63, 3.8) is 0 Å². The maximum Gasteiger partial charge on any atom is 0.335 e. The van der Waals surface area contributed by atoms with E-state index < -0.39 is 11.8 Å². The molecule has 0 saturated carbocycles. The van der Waals surface area contributed by atoms with Gasteiger partial charge in [-0.2, -0.15) is 0 Å². The number of carboxylic acids is 1. The summed E-state index contributed by atoms with van der Waals surface area (Å²) in [6.07, 6.45) is 0. The Morgan fingerprint density at radius 1 is 1.30 bits per heavy atom. The largest absolute Gasteiger partial charge is 0.487 e. The molecule has 0 aliphatic carbocycles. The van der Waals surface area contributed by atoms with Crippen molar-refractivity contribution >= 4 is 33.5 Å². The van der Waals surface area contributed by atoms with E-state index in [-0.39, 0.29) is 17.2 Å². The molecule has 0 fully saturated rings. The minimum atomic E-state index is -1.00. The first-order valence-corrected chi connectivity index (χ1v) is 6.74. The molecule has 0 amide bonds. The summed E-state index contributed by atoms with van der Waals surface area (Å²) < 4.78 is 19.0. The fraction of sp³-hybridized carbons (Fsp3) is 0.0714. The maximum atomic E-state index is 12.9. The third kappa shape index (κ3) is 3.49. The van der Waals surface area contributed by atoms with E-state index in [1.807, 2.05) is 0 Å². The molecule has 1 N–H and O–H groups in total. The highest BCUT2D eigenvalue weighted by Crippen LogP contribution is 2.27. The number of hydrogen-bond acceptors (Lipinski definition) is 2. The highest BCUT2D eigenvalue weighted by atomic mass is 79.9. The van der Waals surface area contributed by atoms with E-state index in [9.17, 15) is 9.18 Å². The van der Waals surface area contributed by atoms with Crippen LogP contribution in [0.1, 0.15) is 15.9 Å². The van der Waals surface area contributed by atoms with Crippen molar-refractivity contribution in [2.45, 2.75) is 6.61 Å². The fourth-order valence-corrected chi connectivity index (χ4v) is 2.26. The molecule has 0 aliphatic heterocycles. The van der Waals surface area contributed by atoms with Crippen molar-refractivity contribution in [2.75, 3.05) is 0 Å². The van der Waals surface area contributed by atoms with Gasteiger partial charge in [0, 0.05) is 10.0 Å². The summed E-state index contributed by atoms with van der Waals surface area (Å²) in [7, 11) is 0. The smallest absolute Gasteiger partial charge is 0.335 e. The van der Waals surface area contributed by atoms with E-state index in [4.69, 9.17) is 21.4 Å². The number of aromatic carboxylic acids is 1. The van der Waals surface area contributed by atoms with Crippen LogP contribution in [-0.4, -0.2) is 11.1 Å². The number of ether oxygens (including phenoxy) is 1. The third-order valence-electron chi connectivity index (χ3n) is 2.58. The Morgan fingerprint density at radius 2 is 2.05 bits per heavy atom. The molecule has 0 heterocycles. The summed E-state index contributed by atoms with van der Waals surface area (Å²) >= 11 is 9.13. The maximum absolute atomic E-state index is 12.9. The molecule has 20 heavy (non-hydrogen) atoms. The van der Waals surface area contributed by atoms with Gasteiger partial charge >= 0.3 is 5.97 Å². The van der Waals surface area contributed by atoms with Gasteiger partial charge < -0.3 is 9.84 Å². The van der Waals surface area contributed by atoms with Crippen LogP contribution in [0.5, 0.6) is 5.75 Å². The molecule has 0 radical (unpaired) electrons. The number of halogens is 3. The lowest BCUT2D eigenvalue weighted by atomic mass is 10.1. The van der Waals surface area contributed by atoms with Crippen LogP contribution in [0.4, 0.5) is 4.39 Å². The molecular weight excluding hydrogens is 351 g/mol. The Labute approximate surface area is 128 Å². The topological polar surface area (TPSA) is 46.5 Å². The third-order valence-corrected chi connectivity index (χ3v) is 3.61. The van der Waals surface area contributed by atoms with Crippen molar-refractivity contribution in [3.8, 4) is 5.75 Å². The Morgan fingerprint density at radius 3 is 2.65 bits per heavy atom. The SMILES string of the molecule is O=C(O)c1ccc(COc2ccc(F)cc2Cl)c(Br)c1. The van der Waals surface area contributed by atoms with Crippen molar-refractivity contribution in [3.05, 3.63) is 62.8 Å². The first-order valence-electron chi connectivity index (χ1n) is 5.57. The first-order chi connectivity index (χ1) is 9.47. The quantitative estimate of drug-likeness (QED) is 0.873. The lowest BCUT2D eigenvalue weighted by Crippen LogP contribution is -2.00. The van der Waals surface area contributed by atoms with Crippen LogP contribution >= 0.6 is 27.5 Å². The second-order valence-corrected chi connectivity index (χ2v) is 5.24. The van der Waals surface area contributed by atoms with Crippen LogP contribution < -0.4 is 4.74 Å².